The highest BCUT2D eigenvalue weighted by Crippen LogP contribution is 2.11. The molecule has 0 saturated carbocycles. The third-order valence-corrected chi connectivity index (χ3v) is 2.04. The minimum atomic E-state index is 0.618. The molecule has 2 nitrogen and oxygen atoms in total. The summed E-state index contributed by atoms with van der Waals surface area (Å²) in [7, 11) is 0. The van der Waals surface area contributed by atoms with Crippen LogP contribution in [0.25, 0.3) is 0 Å². The molecule has 2 heteroatoms. The van der Waals surface area contributed by atoms with Gasteiger partial charge in [0.1, 0.15) is 5.82 Å². The van der Waals surface area contributed by atoms with Crippen LogP contribution >= 0.6 is 0 Å². The van der Waals surface area contributed by atoms with Gasteiger partial charge in [0.25, 0.3) is 0 Å². The summed E-state index contributed by atoms with van der Waals surface area (Å²) in [4.78, 5) is 4.07. The van der Waals surface area contributed by atoms with E-state index in [4.69, 9.17) is 5.73 Å². The highest BCUT2D eigenvalue weighted by Gasteiger charge is 1.98. The van der Waals surface area contributed by atoms with Gasteiger partial charge < -0.3 is 5.73 Å². The molecule has 12 heavy (non-hydrogen) atoms. The highest BCUT2D eigenvalue weighted by molar-refractivity contribution is 5.36. The van der Waals surface area contributed by atoms with E-state index in [0.29, 0.717) is 5.82 Å². The SMILES string of the molecule is CCCCc1cnc(N)cc1C. The van der Waals surface area contributed by atoms with Gasteiger partial charge in [-0.05, 0) is 37.0 Å². The average Bonchev–Trinajstić information content (AvgIpc) is 2.03. The fourth-order valence-corrected chi connectivity index (χ4v) is 1.24. The Balaban J connectivity index is 2.72. The molecule has 0 aromatic carbocycles. The number of rotatable bonds is 3. The number of pyridine rings is 1. The number of aromatic nitrogens is 1. The van der Waals surface area contributed by atoms with Crippen molar-refractivity contribution in [1.29, 1.82) is 0 Å². The van der Waals surface area contributed by atoms with E-state index in [1.54, 1.807) is 0 Å². The zero-order valence-corrected chi connectivity index (χ0v) is 7.80. The van der Waals surface area contributed by atoms with Crippen LogP contribution in [-0.4, -0.2) is 4.98 Å². The number of nitrogens with two attached hydrogens (primary N) is 1. The maximum absolute atomic E-state index is 5.55. The molecule has 0 saturated heterocycles. The Morgan fingerprint density at radius 3 is 2.83 bits per heavy atom. The van der Waals surface area contributed by atoms with Crippen LogP contribution in [0.5, 0.6) is 0 Å². The standard InChI is InChI=1S/C10H16N2/c1-3-4-5-9-7-12-10(11)6-8(9)2/h6-7H,3-5H2,1-2H3,(H2,11,12). The molecule has 0 radical (unpaired) electrons. The van der Waals surface area contributed by atoms with Crippen LogP contribution < -0.4 is 5.73 Å². The Hall–Kier alpha value is -1.05. The van der Waals surface area contributed by atoms with Crippen molar-refractivity contribution in [2.45, 2.75) is 33.1 Å². The Bertz CT molecular complexity index is 256. The van der Waals surface area contributed by atoms with Crippen molar-refractivity contribution in [3.05, 3.63) is 23.4 Å². The lowest BCUT2D eigenvalue weighted by Crippen LogP contribution is -1.95. The van der Waals surface area contributed by atoms with Crippen LogP contribution in [0, 0.1) is 6.92 Å². The third kappa shape index (κ3) is 2.22. The topological polar surface area (TPSA) is 38.9 Å². The summed E-state index contributed by atoms with van der Waals surface area (Å²) < 4.78 is 0. The lowest BCUT2D eigenvalue weighted by atomic mass is 10.1. The predicted octanol–water partition coefficient (Wildman–Crippen LogP) is 2.31. The van der Waals surface area contributed by atoms with Gasteiger partial charge in [-0.25, -0.2) is 4.98 Å². The smallest absolute Gasteiger partial charge is 0.123 e. The number of nitrogen functional groups attached to an aromatic ring is 1. The van der Waals surface area contributed by atoms with Gasteiger partial charge in [-0.15, -0.1) is 0 Å². The van der Waals surface area contributed by atoms with E-state index in [0.717, 1.165) is 6.42 Å². The Labute approximate surface area is 73.8 Å². The lowest BCUT2D eigenvalue weighted by Gasteiger charge is -2.04. The molecule has 1 heterocycles. The molecule has 0 fully saturated rings. The largest absolute Gasteiger partial charge is 0.384 e. The zero-order valence-electron chi connectivity index (χ0n) is 7.80. The van der Waals surface area contributed by atoms with E-state index in [-0.39, 0.29) is 0 Å². The monoisotopic (exact) mass is 164 g/mol. The summed E-state index contributed by atoms with van der Waals surface area (Å²) in [6.07, 6.45) is 5.46. The van der Waals surface area contributed by atoms with Crippen LogP contribution in [0.4, 0.5) is 5.82 Å². The fourth-order valence-electron chi connectivity index (χ4n) is 1.24. The summed E-state index contributed by atoms with van der Waals surface area (Å²) >= 11 is 0. The number of hydrogen-bond donors (Lipinski definition) is 1. The molecule has 0 aliphatic carbocycles. The maximum atomic E-state index is 5.55. The number of unbranched alkanes of at least 4 members (excludes halogenated alkanes) is 1. The van der Waals surface area contributed by atoms with Crippen molar-refractivity contribution in [3.63, 3.8) is 0 Å². The molecule has 0 aliphatic rings. The molecule has 1 aromatic rings. The van der Waals surface area contributed by atoms with Crippen molar-refractivity contribution in [1.82, 2.24) is 4.98 Å². The van der Waals surface area contributed by atoms with Crippen LogP contribution in [0.3, 0.4) is 0 Å². The molecule has 1 rings (SSSR count). The van der Waals surface area contributed by atoms with Gasteiger partial charge in [-0.1, -0.05) is 13.3 Å². The Kier molecular flexibility index (Phi) is 3.09. The van der Waals surface area contributed by atoms with E-state index < -0.39 is 0 Å². The molecule has 0 unspecified atom stereocenters. The van der Waals surface area contributed by atoms with Gasteiger partial charge >= 0.3 is 0 Å². The van der Waals surface area contributed by atoms with E-state index in [9.17, 15) is 0 Å². The van der Waals surface area contributed by atoms with Crippen molar-refractivity contribution in [2.75, 3.05) is 5.73 Å². The molecule has 0 amide bonds. The van der Waals surface area contributed by atoms with E-state index in [1.807, 2.05) is 12.3 Å². The number of hydrogen-bond acceptors (Lipinski definition) is 2. The van der Waals surface area contributed by atoms with E-state index >= 15 is 0 Å². The molecule has 0 atom stereocenters. The molecule has 0 bridgehead atoms. The molecule has 0 aliphatic heterocycles. The summed E-state index contributed by atoms with van der Waals surface area (Å²) in [5.74, 6) is 0.618. The maximum Gasteiger partial charge on any atom is 0.123 e. The third-order valence-electron chi connectivity index (χ3n) is 2.04. The van der Waals surface area contributed by atoms with Crippen LogP contribution in [0.1, 0.15) is 30.9 Å². The van der Waals surface area contributed by atoms with Crippen molar-refractivity contribution >= 4 is 5.82 Å². The second-order valence-electron chi connectivity index (χ2n) is 3.14. The molecule has 1 aromatic heterocycles. The van der Waals surface area contributed by atoms with Gasteiger partial charge in [-0.3, -0.25) is 0 Å². The number of nitrogens with zero attached hydrogens (tertiary/aromatic N) is 1. The second-order valence-corrected chi connectivity index (χ2v) is 3.14. The summed E-state index contributed by atoms with van der Waals surface area (Å²) in [6, 6.07) is 1.94. The van der Waals surface area contributed by atoms with Crippen LogP contribution in [-0.2, 0) is 6.42 Å². The first-order valence-electron chi connectivity index (χ1n) is 4.45. The second kappa shape index (κ2) is 4.10. The molecular formula is C10H16N2. The van der Waals surface area contributed by atoms with Crippen LogP contribution in [0.2, 0.25) is 0 Å². The quantitative estimate of drug-likeness (QED) is 0.744. The minimum Gasteiger partial charge on any atom is -0.384 e. The first-order chi connectivity index (χ1) is 5.74. The number of anilines is 1. The normalized spacial score (nSPS) is 10.2. The predicted molar refractivity (Wildman–Crippen MR) is 52.0 cm³/mol. The van der Waals surface area contributed by atoms with Crippen LogP contribution in [0.15, 0.2) is 12.3 Å². The molecule has 2 N–H and O–H groups in total. The van der Waals surface area contributed by atoms with Crippen molar-refractivity contribution < 1.29 is 0 Å². The highest BCUT2D eigenvalue weighted by atomic mass is 14.8. The van der Waals surface area contributed by atoms with Gasteiger partial charge in [0, 0.05) is 6.20 Å². The average molecular weight is 164 g/mol. The van der Waals surface area contributed by atoms with E-state index in [2.05, 4.69) is 18.8 Å². The van der Waals surface area contributed by atoms with Gasteiger partial charge in [-0.2, -0.15) is 0 Å². The van der Waals surface area contributed by atoms with Gasteiger partial charge in [0.15, 0.2) is 0 Å². The minimum absolute atomic E-state index is 0.618. The first-order valence-corrected chi connectivity index (χ1v) is 4.45. The van der Waals surface area contributed by atoms with Crippen molar-refractivity contribution in [3.8, 4) is 0 Å². The summed E-state index contributed by atoms with van der Waals surface area (Å²) in [6.45, 7) is 4.28. The Morgan fingerprint density at radius 1 is 1.50 bits per heavy atom. The summed E-state index contributed by atoms with van der Waals surface area (Å²) in [5, 5.41) is 0. The van der Waals surface area contributed by atoms with Crippen molar-refractivity contribution in [2.24, 2.45) is 0 Å². The zero-order chi connectivity index (χ0) is 8.97. The van der Waals surface area contributed by atoms with E-state index in [1.165, 1.54) is 24.0 Å². The Morgan fingerprint density at radius 2 is 2.25 bits per heavy atom. The van der Waals surface area contributed by atoms with Gasteiger partial charge in [0.2, 0.25) is 0 Å². The number of aryl methyl sites for hydroxylation is 2. The fraction of sp³-hybridized carbons (Fsp3) is 0.500. The van der Waals surface area contributed by atoms with Gasteiger partial charge in [0.05, 0.1) is 0 Å². The molecular weight excluding hydrogens is 148 g/mol. The first kappa shape index (κ1) is 9.04. The lowest BCUT2D eigenvalue weighted by molar-refractivity contribution is 0.788. The summed E-state index contributed by atoms with van der Waals surface area (Å²) in [5.41, 5.74) is 8.13. The molecule has 0 spiro atoms. The molecule has 66 valence electrons.